The van der Waals surface area contributed by atoms with Crippen LogP contribution in [0.4, 0.5) is 15.0 Å². The van der Waals surface area contributed by atoms with E-state index in [-0.39, 0.29) is 34.8 Å². The molecule has 2 aliphatic heterocycles. The second-order valence-corrected chi connectivity index (χ2v) is 9.42. The minimum atomic E-state index is -0.698. The molecule has 0 saturated carbocycles. The van der Waals surface area contributed by atoms with E-state index in [2.05, 4.69) is 15.0 Å². The van der Waals surface area contributed by atoms with Gasteiger partial charge in [-0.05, 0) is 34.0 Å². The van der Waals surface area contributed by atoms with E-state index in [1.54, 1.807) is 4.90 Å². The summed E-state index contributed by atoms with van der Waals surface area (Å²) < 4.78 is 26.4. The third-order valence-electron chi connectivity index (χ3n) is 5.04. The number of rotatable bonds is 1. The van der Waals surface area contributed by atoms with Crippen LogP contribution in [0.25, 0.3) is 10.9 Å². The van der Waals surface area contributed by atoms with E-state index in [0.29, 0.717) is 36.0 Å². The number of carbonyl (C=O) groups excluding carboxylic acids is 1. The van der Waals surface area contributed by atoms with Crippen molar-refractivity contribution in [1.29, 1.82) is 0 Å². The molecule has 0 unspecified atom stereocenters. The number of hydrogen-bond acceptors (Lipinski definition) is 8. The number of thioether (sulfide) groups is 1. The molecule has 1 amide bonds. The van der Waals surface area contributed by atoms with Gasteiger partial charge in [0.15, 0.2) is 16.1 Å². The van der Waals surface area contributed by atoms with Gasteiger partial charge in [0, 0.05) is 19.6 Å². The van der Waals surface area contributed by atoms with Gasteiger partial charge in [-0.2, -0.15) is 4.98 Å². The maximum absolute atomic E-state index is 14.8. The van der Waals surface area contributed by atoms with E-state index in [9.17, 15) is 9.18 Å². The van der Waals surface area contributed by atoms with Gasteiger partial charge in [-0.15, -0.1) is 0 Å². The molecule has 1 fully saturated rings. The van der Waals surface area contributed by atoms with Crippen molar-refractivity contribution >= 4 is 46.2 Å². The summed E-state index contributed by atoms with van der Waals surface area (Å²) in [6, 6.07) is -0.227. The molecule has 0 spiro atoms. The number of anilines is 1. The van der Waals surface area contributed by atoms with Crippen LogP contribution in [0, 0.1) is 5.82 Å². The van der Waals surface area contributed by atoms with Crippen LogP contribution in [0.3, 0.4) is 0 Å². The van der Waals surface area contributed by atoms with Gasteiger partial charge >= 0.3 is 6.09 Å². The zero-order valence-corrected chi connectivity index (χ0v) is 19.0. The van der Waals surface area contributed by atoms with Crippen LogP contribution in [0.15, 0.2) is 5.16 Å². The Morgan fingerprint density at radius 2 is 2.03 bits per heavy atom. The number of nitrogens with zero attached hydrogens (tertiary/aromatic N) is 5. The number of carbonyl (C=O) groups is 1. The summed E-state index contributed by atoms with van der Waals surface area (Å²) in [5, 5.41) is 0.527. The van der Waals surface area contributed by atoms with Gasteiger partial charge < -0.3 is 19.3 Å². The molecule has 2 aromatic heterocycles. The minimum absolute atomic E-state index is 0.0850. The lowest BCUT2D eigenvalue weighted by Gasteiger charge is -2.43. The molecule has 11 heteroatoms. The summed E-state index contributed by atoms with van der Waals surface area (Å²) in [7, 11) is 0. The number of halogens is 2. The van der Waals surface area contributed by atoms with Gasteiger partial charge in [-0.25, -0.2) is 19.2 Å². The lowest BCUT2D eigenvalue weighted by Crippen LogP contribution is -2.59. The molecule has 4 rings (SSSR count). The fourth-order valence-electron chi connectivity index (χ4n) is 3.68. The summed E-state index contributed by atoms with van der Waals surface area (Å²) in [5.74, 6) is 0.0434. The van der Waals surface area contributed by atoms with Gasteiger partial charge in [0.2, 0.25) is 5.88 Å². The van der Waals surface area contributed by atoms with Crippen LogP contribution in [0.1, 0.15) is 27.7 Å². The van der Waals surface area contributed by atoms with Crippen molar-refractivity contribution in [1.82, 2.24) is 19.9 Å². The number of aromatic nitrogens is 3. The lowest BCUT2D eigenvalue weighted by atomic mass is 10.1. The first-order valence-electron chi connectivity index (χ1n) is 9.61. The Hall–Kier alpha value is -2.07. The van der Waals surface area contributed by atoms with Crippen LogP contribution < -0.4 is 9.64 Å². The summed E-state index contributed by atoms with van der Waals surface area (Å²) in [6.07, 6.45) is 1.09. The molecule has 0 aliphatic carbocycles. The van der Waals surface area contributed by atoms with Crippen molar-refractivity contribution < 1.29 is 18.7 Å². The fraction of sp³-hybridized carbons (Fsp3) is 0.579. The van der Waals surface area contributed by atoms with E-state index in [1.807, 2.05) is 38.9 Å². The first-order valence-corrected chi connectivity index (χ1v) is 11.2. The van der Waals surface area contributed by atoms with Gasteiger partial charge in [-0.3, -0.25) is 0 Å². The monoisotopic (exact) mass is 455 g/mol. The van der Waals surface area contributed by atoms with E-state index in [0.717, 1.165) is 0 Å². The Labute approximate surface area is 183 Å². The van der Waals surface area contributed by atoms with Gasteiger partial charge in [-0.1, -0.05) is 23.4 Å². The Morgan fingerprint density at radius 1 is 1.30 bits per heavy atom. The average Bonchev–Trinajstić information content (AvgIpc) is 2.79. The van der Waals surface area contributed by atoms with Gasteiger partial charge in [0.05, 0.1) is 6.04 Å². The van der Waals surface area contributed by atoms with E-state index in [4.69, 9.17) is 21.1 Å². The summed E-state index contributed by atoms with van der Waals surface area (Å²) in [4.78, 5) is 29.4. The number of hydrogen-bond donors (Lipinski definition) is 0. The highest BCUT2D eigenvalue weighted by atomic mass is 35.5. The molecular weight excluding hydrogens is 433 g/mol. The molecule has 0 radical (unpaired) electrons. The zero-order chi connectivity index (χ0) is 21.8. The van der Waals surface area contributed by atoms with Crippen molar-refractivity contribution in [3.63, 3.8) is 0 Å². The highest BCUT2D eigenvalue weighted by molar-refractivity contribution is 7.98. The topological polar surface area (TPSA) is 80.7 Å². The zero-order valence-electron chi connectivity index (χ0n) is 17.4. The molecule has 0 bridgehead atoms. The predicted molar refractivity (Wildman–Crippen MR) is 113 cm³/mol. The third kappa shape index (κ3) is 3.71. The molecule has 8 nitrogen and oxygen atoms in total. The van der Waals surface area contributed by atoms with Crippen LogP contribution in [-0.2, 0) is 4.74 Å². The van der Waals surface area contributed by atoms with Crippen molar-refractivity contribution in [3.8, 4) is 5.88 Å². The number of amides is 1. The summed E-state index contributed by atoms with van der Waals surface area (Å²) >= 11 is 7.32. The largest absolute Gasteiger partial charge is 0.472 e. The molecule has 0 N–H and O–H groups in total. The second kappa shape index (κ2) is 7.56. The number of piperazine rings is 1. The molecular formula is C19H23ClFN5O3S. The number of ether oxygens (including phenoxy) is 2. The predicted octanol–water partition coefficient (Wildman–Crippen LogP) is 3.75. The maximum atomic E-state index is 14.8. The van der Waals surface area contributed by atoms with Crippen molar-refractivity contribution in [2.75, 3.05) is 30.8 Å². The molecule has 2 aliphatic rings. The third-order valence-corrected chi connectivity index (χ3v) is 5.83. The van der Waals surface area contributed by atoms with E-state index < -0.39 is 11.4 Å². The van der Waals surface area contributed by atoms with Crippen molar-refractivity contribution in [3.05, 3.63) is 11.0 Å². The maximum Gasteiger partial charge on any atom is 0.410 e. The highest BCUT2D eigenvalue weighted by Gasteiger charge is 2.40. The summed E-state index contributed by atoms with van der Waals surface area (Å²) in [6.45, 7) is 8.69. The highest BCUT2D eigenvalue weighted by Crippen LogP contribution is 2.41. The normalized spacial score (nSPS) is 21.2. The van der Waals surface area contributed by atoms with Crippen LogP contribution in [0.5, 0.6) is 5.88 Å². The van der Waals surface area contributed by atoms with Crippen LogP contribution in [-0.4, -0.2) is 69.6 Å². The van der Waals surface area contributed by atoms with Gasteiger partial charge in [0.1, 0.15) is 28.4 Å². The molecule has 4 heterocycles. The molecule has 162 valence electrons. The standard InChI is InChI=1S/C19H23ClFN5O3S/c1-9-10-8-25(18(27)29-19(2,3)4)6-7-26(10)15-11-13(22-17(24-15)30-5)12(21)14(20)23-16(11)28-9/h9-10H,6-8H2,1-5H3/t9-,10-/m0/s1. The Morgan fingerprint density at radius 3 is 2.70 bits per heavy atom. The van der Waals surface area contributed by atoms with Gasteiger partial charge in [0.25, 0.3) is 0 Å². The van der Waals surface area contributed by atoms with Crippen molar-refractivity contribution in [2.24, 2.45) is 0 Å². The molecule has 30 heavy (non-hydrogen) atoms. The molecule has 2 atom stereocenters. The number of fused-ring (bicyclic) bond motifs is 2. The fourth-order valence-corrected chi connectivity index (χ4v) is 4.21. The smallest absolute Gasteiger partial charge is 0.410 e. The molecule has 1 saturated heterocycles. The summed E-state index contributed by atoms with van der Waals surface area (Å²) in [5.41, 5.74) is -0.498. The van der Waals surface area contributed by atoms with E-state index in [1.165, 1.54) is 11.8 Å². The first kappa shape index (κ1) is 21.2. The second-order valence-electron chi connectivity index (χ2n) is 8.29. The molecule has 0 aromatic carbocycles. The molecule has 2 aromatic rings. The van der Waals surface area contributed by atoms with Crippen molar-refractivity contribution in [2.45, 2.75) is 50.6 Å². The minimum Gasteiger partial charge on any atom is -0.472 e. The Kier molecular flexibility index (Phi) is 5.34. The SMILES string of the molecule is CSc1nc2c3c(nc(Cl)c(F)c3n1)O[C@@H](C)[C@@H]1CN(C(=O)OC(C)(C)C)CCN21. The Balaban J connectivity index is 1.77. The number of pyridine rings is 1. The Bertz CT molecular complexity index is 1020. The average molecular weight is 456 g/mol. The lowest BCUT2D eigenvalue weighted by molar-refractivity contribution is 0.0175. The first-order chi connectivity index (χ1) is 14.1. The quantitative estimate of drug-likeness (QED) is 0.365. The van der Waals surface area contributed by atoms with E-state index >= 15 is 0 Å². The van der Waals surface area contributed by atoms with Crippen LogP contribution in [0.2, 0.25) is 5.15 Å². The van der Waals surface area contributed by atoms with Crippen LogP contribution >= 0.6 is 23.4 Å².